The maximum Gasteiger partial charge on any atom is 0.271 e. The SMILES string of the molecule is O=C(NN=Cc1ccc(-c2ccc3c(c2)C(=O)c2ccccc2C3=O)o1)c1ccccc1. The van der Waals surface area contributed by atoms with Crippen LogP contribution in [0.1, 0.15) is 48.0 Å². The molecule has 0 saturated carbocycles. The Morgan fingerprint density at radius 3 is 2.16 bits per heavy atom. The molecule has 0 unspecified atom stereocenters. The molecule has 0 aliphatic heterocycles. The molecule has 0 bridgehead atoms. The van der Waals surface area contributed by atoms with Gasteiger partial charge in [-0.05, 0) is 36.4 Å². The van der Waals surface area contributed by atoms with Crippen LogP contribution in [0.25, 0.3) is 11.3 Å². The lowest BCUT2D eigenvalue weighted by molar-refractivity contribution is 0.0954. The molecular formula is C26H16N2O4. The summed E-state index contributed by atoms with van der Waals surface area (Å²) in [5.74, 6) is 0.269. The zero-order valence-electron chi connectivity index (χ0n) is 16.7. The second kappa shape index (κ2) is 7.92. The minimum Gasteiger partial charge on any atom is -0.455 e. The fraction of sp³-hybridized carbons (Fsp3) is 0. The maximum atomic E-state index is 12.9. The van der Waals surface area contributed by atoms with E-state index in [0.717, 1.165) is 0 Å². The Morgan fingerprint density at radius 2 is 1.41 bits per heavy atom. The molecule has 0 spiro atoms. The summed E-state index contributed by atoms with van der Waals surface area (Å²) in [4.78, 5) is 37.7. The van der Waals surface area contributed by atoms with Crippen molar-refractivity contribution in [2.75, 3.05) is 0 Å². The van der Waals surface area contributed by atoms with E-state index in [9.17, 15) is 14.4 Å². The van der Waals surface area contributed by atoms with Crippen LogP contribution in [0, 0.1) is 0 Å². The minimum atomic E-state index is -0.327. The van der Waals surface area contributed by atoms with Gasteiger partial charge in [0.25, 0.3) is 5.91 Å². The van der Waals surface area contributed by atoms with E-state index in [2.05, 4.69) is 10.5 Å². The van der Waals surface area contributed by atoms with Gasteiger partial charge in [-0.2, -0.15) is 5.10 Å². The number of nitrogens with zero attached hydrogens (tertiary/aromatic N) is 1. The smallest absolute Gasteiger partial charge is 0.271 e. The number of fused-ring (bicyclic) bond motifs is 2. The number of amides is 1. The summed E-state index contributed by atoms with van der Waals surface area (Å²) in [6.07, 6.45) is 1.40. The molecule has 0 radical (unpaired) electrons. The first-order chi connectivity index (χ1) is 15.6. The first-order valence-electron chi connectivity index (χ1n) is 9.93. The molecule has 1 aromatic heterocycles. The summed E-state index contributed by atoms with van der Waals surface area (Å²) < 4.78 is 5.78. The average Bonchev–Trinajstić information content (AvgIpc) is 3.31. The van der Waals surface area contributed by atoms with E-state index < -0.39 is 0 Å². The van der Waals surface area contributed by atoms with Crippen LogP contribution in [0.2, 0.25) is 0 Å². The van der Waals surface area contributed by atoms with Gasteiger partial charge in [0, 0.05) is 33.4 Å². The van der Waals surface area contributed by atoms with Gasteiger partial charge in [0.05, 0.1) is 6.21 Å². The van der Waals surface area contributed by atoms with Gasteiger partial charge in [-0.25, -0.2) is 5.43 Å². The number of furan rings is 1. The first-order valence-corrected chi connectivity index (χ1v) is 9.93. The molecule has 32 heavy (non-hydrogen) atoms. The molecule has 1 N–H and O–H groups in total. The monoisotopic (exact) mass is 420 g/mol. The van der Waals surface area contributed by atoms with E-state index in [-0.39, 0.29) is 17.5 Å². The molecule has 1 amide bonds. The van der Waals surface area contributed by atoms with Crippen molar-refractivity contribution >= 4 is 23.7 Å². The summed E-state index contributed by atoms with van der Waals surface area (Å²) >= 11 is 0. The number of rotatable bonds is 4. The first kappa shape index (κ1) is 19.4. The lowest BCUT2D eigenvalue weighted by Gasteiger charge is -2.17. The standard InChI is InChI=1S/C26H16N2O4/c29-24-19-8-4-5-9-20(19)25(30)22-14-17(10-12-21(22)24)23-13-11-18(32-23)15-27-28-26(31)16-6-2-1-3-7-16/h1-15H,(H,28,31). The highest BCUT2D eigenvalue weighted by atomic mass is 16.3. The number of hydrogen-bond acceptors (Lipinski definition) is 5. The van der Waals surface area contributed by atoms with Gasteiger partial charge in [0.1, 0.15) is 11.5 Å². The molecule has 5 rings (SSSR count). The summed E-state index contributed by atoms with van der Waals surface area (Å²) in [7, 11) is 0. The van der Waals surface area contributed by atoms with E-state index in [4.69, 9.17) is 4.42 Å². The average molecular weight is 420 g/mol. The molecule has 1 aliphatic rings. The fourth-order valence-electron chi connectivity index (χ4n) is 3.64. The lowest BCUT2D eigenvalue weighted by atomic mass is 9.83. The van der Waals surface area contributed by atoms with Crippen LogP contribution in [0.4, 0.5) is 0 Å². The van der Waals surface area contributed by atoms with Crippen LogP contribution in [0.3, 0.4) is 0 Å². The molecule has 1 heterocycles. The van der Waals surface area contributed by atoms with Crippen molar-refractivity contribution in [3.05, 3.63) is 119 Å². The van der Waals surface area contributed by atoms with Gasteiger partial charge in [0.15, 0.2) is 11.6 Å². The summed E-state index contributed by atoms with van der Waals surface area (Å²) in [5.41, 5.74) is 5.18. The summed E-state index contributed by atoms with van der Waals surface area (Å²) in [6, 6.07) is 24.1. The van der Waals surface area contributed by atoms with E-state index in [1.807, 2.05) is 6.07 Å². The van der Waals surface area contributed by atoms with Crippen molar-refractivity contribution in [3.63, 3.8) is 0 Å². The Kier molecular flexibility index (Phi) is 4.80. The van der Waals surface area contributed by atoms with Gasteiger partial charge >= 0.3 is 0 Å². The zero-order valence-corrected chi connectivity index (χ0v) is 16.7. The number of hydrogen-bond donors (Lipinski definition) is 1. The number of benzene rings is 3. The van der Waals surface area contributed by atoms with E-state index in [0.29, 0.717) is 44.9 Å². The minimum absolute atomic E-state index is 0.164. The van der Waals surface area contributed by atoms with Crippen molar-refractivity contribution in [3.8, 4) is 11.3 Å². The topological polar surface area (TPSA) is 88.7 Å². The largest absolute Gasteiger partial charge is 0.455 e. The van der Waals surface area contributed by atoms with Gasteiger partial charge in [-0.15, -0.1) is 0 Å². The van der Waals surface area contributed by atoms with Crippen LogP contribution in [-0.4, -0.2) is 23.7 Å². The van der Waals surface area contributed by atoms with Crippen molar-refractivity contribution in [1.29, 1.82) is 0 Å². The molecule has 4 aromatic rings. The van der Waals surface area contributed by atoms with E-state index >= 15 is 0 Å². The Morgan fingerprint density at radius 1 is 0.750 bits per heavy atom. The maximum absolute atomic E-state index is 12.9. The molecule has 0 fully saturated rings. The van der Waals surface area contributed by atoms with Crippen molar-refractivity contribution in [2.24, 2.45) is 5.10 Å². The number of ketones is 2. The zero-order chi connectivity index (χ0) is 22.1. The highest BCUT2D eigenvalue weighted by Gasteiger charge is 2.29. The molecule has 6 heteroatoms. The molecule has 154 valence electrons. The molecule has 0 saturated heterocycles. The van der Waals surface area contributed by atoms with Gasteiger partial charge < -0.3 is 4.42 Å². The Labute approximate surface area is 183 Å². The summed E-state index contributed by atoms with van der Waals surface area (Å²) in [6.45, 7) is 0. The van der Waals surface area contributed by atoms with Crippen LogP contribution >= 0.6 is 0 Å². The van der Waals surface area contributed by atoms with Crippen molar-refractivity contribution in [1.82, 2.24) is 5.43 Å². The normalized spacial score (nSPS) is 12.5. The van der Waals surface area contributed by atoms with Crippen LogP contribution in [0.15, 0.2) is 94.4 Å². The molecule has 1 aliphatic carbocycles. The van der Waals surface area contributed by atoms with Gasteiger partial charge in [0.2, 0.25) is 0 Å². The number of nitrogens with one attached hydrogen (secondary N) is 1. The van der Waals surface area contributed by atoms with Crippen LogP contribution in [0.5, 0.6) is 0 Å². The second-order valence-corrected chi connectivity index (χ2v) is 7.23. The summed E-state index contributed by atoms with van der Waals surface area (Å²) in [5, 5.41) is 3.93. The fourth-order valence-corrected chi connectivity index (χ4v) is 3.64. The highest BCUT2D eigenvalue weighted by molar-refractivity contribution is 6.28. The predicted molar refractivity (Wildman–Crippen MR) is 119 cm³/mol. The third-order valence-corrected chi connectivity index (χ3v) is 5.23. The third-order valence-electron chi connectivity index (χ3n) is 5.23. The van der Waals surface area contributed by atoms with Crippen LogP contribution < -0.4 is 5.43 Å². The van der Waals surface area contributed by atoms with E-state index in [1.54, 1.807) is 78.9 Å². The van der Waals surface area contributed by atoms with Gasteiger partial charge in [-0.3, -0.25) is 14.4 Å². The molecule has 0 atom stereocenters. The predicted octanol–water partition coefficient (Wildman–Crippen LogP) is 4.49. The Bertz CT molecular complexity index is 1400. The quantitative estimate of drug-likeness (QED) is 0.343. The van der Waals surface area contributed by atoms with Crippen molar-refractivity contribution < 1.29 is 18.8 Å². The highest BCUT2D eigenvalue weighted by Crippen LogP contribution is 2.31. The third kappa shape index (κ3) is 3.44. The number of carbonyl (C=O) groups excluding carboxylic acids is 3. The van der Waals surface area contributed by atoms with Crippen molar-refractivity contribution in [2.45, 2.75) is 0 Å². The number of hydrazone groups is 1. The van der Waals surface area contributed by atoms with Crippen LogP contribution in [-0.2, 0) is 0 Å². The lowest BCUT2D eigenvalue weighted by Crippen LogP contribution is -2.20. The van der Waals surface area contributed by atoms with E-state index in [1.165, 1.54) is 6.21 Å². The Hall–Kier alpha value is -4.58. The van der Waals surface area contributed by atoms with Gasteiger partial charge in [-0.1, -0.05) is 48.5 Å². The molecule has 3 aromatic carbocycles. The molecule has 6 nitrogen and oxygen atoms in total. The number of carbonyl (C=O) groups is 3. The Balaban J connectivity index is 1.36. The molecular weight excluding hydrogens is 404 g/mol. The second-order valence-electron chi connectivity index (χ2n) is 7.23.